The lowest BCUT2D eigenvalue weighted by atomic mass is 10.2. The van der Waals surface area contributed by atoms with Crippen LogP contribution in [-0.2, 0) is 18.0 Å². The van der Waals surface area contributed by atoms with E-state index in [0.29, 0.717) is 38.9 Å². The van der Waals surface area contributed by atoms with E-state index in [1.165, 1.54) is 22.8 Å². The van der Waals surface area contributed by atoms with Crippen LogP contribution in [-0.4, -0.2) is 67.6 Å². The van der Waals surface area contributed by atoms with Crippen molar-refractivity contribution in [2.24, 2.45) is 0 Å². The van der Waals surface area contributed by atoms with Gasteiger partial charge in [-0.2, -0.15) is 17.7 Å². The van der Waals surface area contributed by atoms with E-state index in [4.69, 9.17) is 14.0 Å². The summed E-state index contributed by atoms with van der Waals surface area (Å²) in [6, 6.07) is 11.9. The van der Waals surface area contributed by atoms with E-state index in [-0.39, 0.29) is 24.7 Å². The van der Waals surface area contributed by atoms with Gasteiger partial charge in [0.1, 0.15) is 19.8 Å². The van der Waals surface area contributed by atoms with Crippen molar-refractivity contribution in [3.63, 3.8) is 0 Å². The molecule has 0 fully saturated rings. The highest BCUT2D eigenvalue weighted by atomic mass is 19.4. The molecule has 0 atom stereocenters. The third kappa shape index (κ3) is 5.11. The molecular formula is C24H20F3N7O4. The van der Waals surface area contributed by atoms with Crippen molar-refractivity contribution in [1.29, 1.82) is 0 Å². The fourth-order valence-electron chi connectivity index (χ4n) is 3.79. The first-order valence-electron chi connectivity index (χ1n) is 11.2. The zero-order valence-electron chi connectivity index (χ0n) is 20.1. The van der Waals surface area contributed by atoms with Crippen molar-refractivity contribution in [3.8, 4) is 17.4 Å². The van der Waals surface area contributed by atoms with Crippen molar-refractivity contribution >= 4 is 22.3 Å². The lowest BCUT2D eigenvalue weighted by Gasteiger charge is -2.18. The van der Waals surface area contributed by atoms with Crippen LogP contribution >= 0.6 is 0 Å². The summed E-state index contributed by atoms with van der Waals surface area (Å²) in [5.41, 5.74) is 1.37. The highest BCUT2D eigenvalue weighted by Crippen LogP contribution is 2.29. The minimum absolute atomic E-state index is 0.0191. The Labute approximate surface area is 212 Å². The van der Waals surface area contributed by atoms with Gasteiger partial charge in [-0.3, -0.25) is 9.78 Å². The van der Waals surface area contributed by atoms with E-state index >= 15 is 0 Å². The molecule has 196 valence electrons. The molecule has 1 aromatic carbocycles. The van der Waals surface area contributed by atoms with Crippen LogP contribution in [0.2, 0.25) is 0 Å². The Bertz CT molecular complexity index is 1600. The maximum atomic E-state index is 12.6. The summed E-state index contributed by atoms with van der Waals surface area (Å²) in [5.74, 6) is 0.323. The largest absolute Gasteiger partial charge is 0.470 e. The number of nitrogens with zero attached hydrogens (tertiary/aromatic N) is 7. The van der Waals surface area contributed by atoms with E-state index in [0.717, 1.165) is 12.4 Å². The number of methoxy groups -OCH3 is 1. The SMILES string of the molecule is COCc1cc(-c2nnc3c4ccccc4c(OCc4ccc(C(=O)N(C)CC(F)(F)F)cn4)nn23)no1. The number of amides is 1. The number of hydrogen-bond acceptors (Lipinski definition) is 9. The van der Waals surface area contributed by atoms with Gasteiger partial charge < -0.3 is 18.9 Å². The van der Waals surface area contributed by atoms with Crippen LogP contribution in [0.25, 0.3) is 27.9 Å². The maximum absolute atomic E-state index is 12.6. The van der Waals surface area contributed by atoms with Gasteiger partial charge in [0, 0.05) is 37.2 Å². The number of halogens is 3. The molecule has 5 rings (SSSR count). The topological polar surface area (TPSA) is 121 Å². The first kappa shape index (κ1) is 25.1. The smallest absolute Gasteiger partial charge is 0.406 e. The molecule has 38 heavy (non-hydrogen) atoms. The van der Waals surface area contributed by atoms with Crippen LogP contribution in [0.1, 0.15) is 21.8 Å². The molecule has 4 heterocycles. The molecule has 0 bridgehead atoms. The molecule has 0 saturated carbocycles. The maximum Gasteiger partial charge on any atom is 0.406 e. The van der Waals surface area contributed by atoms with Gasteiger partial charge in [0.25, 0.3) is 5.91 Å². The molecule has 4 aromatic heterocycles. The standard InChI is InChI=1S/C24H20F3N7O4/c1-33(13-24(25,26)27)23(35)14-7-8-15(28-10-14)11-37-22-18-6-4-3-5-17(18)20-29-30-21(34(20)31-22)19-9-16(12-36-2)38-32-19/h3-10H,11-13H2,1-2H3. The Balaban J connectivity index is 1.40. The fourth-order valence-corrected chi connectivity index (χ4v) is 3.79. The van der Waals surface area contributed by atoms with Crippen molar-refractivity contribution < 1.29 is 32.0 Å². The second kappa shape index (κ2) is 10.0. The van der Waals surface area contributed by atoms with E-state index in [1.807, 2.05) is 24.3 Å². The average molecular weight is 527 g/mol. The molecule has 0 unspecified atom stereocenters. The number of pyridine rings is 1. The Morgan fingerprint density at radius 2 is 1.89 bits per heavy atom. The number of hydrogen-bond donors (Lipinski definition) is 0. The lowest BCUT2D eigenvalue weighted by Crippen LogP contribution is -2.35. The number of carbonyl (C=O) groups is 1. The highest BCUT2D eigenvalue weighted by Gasteiger charge is 2.31. The number of fused-ring (bicyclic) bond motifs is 3. The molecule has 1 amide bonds. The number of aromatic nitrogens is 6. The third-order valence-corrected chi connectivity index (χ3v) is 5.50. The van der Waals surface area contributed by atoms with Crippen molar-refractivity contribution in [3.05, 3.63) is 65.7 Å². The Kier molecular flexibility index (Phi) is 6.63. The van der Waals surface area contributed by atoms with Crippen LogP contribution in [0.5, 0.6) is 5.88 Å². The highest BCUT2D eigenvalue weighted by molar-refractivity contribution is 5.97. The van der Waals surface area contributed by atoms with Gasteiger partial charge in [-0.05, 0) is 18.2 Å². The zero-order chi connectivity index (χ0) is 26.9. The zero-order valence-corrected chi connectivity index (χ0v) is 20.1. The first-order chi connectivity index (χ1) is 18.2. The number of alkyl halides is 3. The van der Waals surface area contributed by atoms with Crippen molar-refractivity contribution in [2.45, 2.75) is 19.4 Å². The molecule has 0 aliphatic rings. The number of carbonyl (C=O) groups excluding carboxylic acids is 1. The van der Waals surface area contributed by atoms with Crippen LogP contribution in [0.15, 0.2) is 53.2 Å². The quantitative estimate of drug-likeness (QED) is 0.297. The molecule has 14 heteroatoms. The minimum atomic E-state index is -4.49. The fraction of sp³-hybridized carbons (Fsp3) is 0.250. The summed E-state index contributed by atoms with van der Waals surface area (Å²) in [7, 11) is 2.62. The Morgan fingerprint density at radius 1 is 1.11 bits per heavy atom. The van der Waals surface area contributed by atoms with Crippen LogP contribution in [0, 0.1) is 0 Å². The molecule has 0 spiro atoms. The molecule has 5 aromatic rings. The van der Waals surface area contributed by atoms with Gasteiger partial charge in [0.15, 0.2) is 17.1 Å². The lowest BCUT2D eigenvalue weighted by molar-refractivity contribution is -0.138. The number of benzene rings is 1. The van der Waals surface area contributed by atoms with Gasteiger partial charge in [-0.25, -0.2) is 0 Å². The average Bonchev–Trinajstić information content (AvgIpc) is 3.53. The molecule has 11 nitrogen and oxygen atoms in total. The van der Waals surface area contributed by atoms with E-state index < -0.39 is 18.6 Å². The molecular weight excluding hydrogens is 507 g/mol. The number of ether oxygens (including phenoxy) is 2. The summed E-state index contributed by atoms with van der Waals surface area (Å²) in [5, 5.41) is 18.5. The van der Waals surface area contributed by atoms with Gasteiger partial charge in [0.05, 0.1) is 11.3 Å². The van der Waals surface area contributed by atoms with Gasteiger partial charge in [0.2, 0.25) is 11.7 Å². The van der Waals surface area contributed by atoms with Crippen LogP contribution in [0.3, 0.4) is 0 Å². The first-order valence-corrected chi connectivity index (χ1v) is 11.2. The monoisotopic (exact) mass is 527 g/mol. The van der Waals surface area contributed by atoms with Crippen molar-refractivity contribution in [1.82, 2.24) is 34.9 Å². The summed E-state index contributed by atoms with van der Waals surface area (Å²) < 4.78 is 55.6. The molecule has 0 aliphatic carbocycles. The van der Waals surface area contributed by atoms with Crippen LogP contribution in [0.4, 0.5) is 13.2 Å². The van der Waals surface area contributed by atoms with E-state index in [9.17, 15) is 18.0 Å². The second-order valence-corrected chi connectivity index (χ2v) is 8.32. The molecule has 0 saturated heterocycles. The van der Waals surface area contributed by atoms with Gasteiger partial charge in [-0.1, -0.05) is 23.4 Å². The summed E-state index contributed by atoms with van der Waals surface area (Å²) >= 11 is 0. The van der Waals surface area contributed by atoms with E-state index in [1.54, 1.807) is 13.2 Å². The third-order valence-electron chi connectivity index (χ3n) is 5.50. The number of rotatable bonds is 8. The normalized spacial score (nSPS) is 11.8. The Hall–Kier alpha value is -4.59. The predicted octanol–water partition coefficient (Wildman–Crippen LogP) is 3.69. The summed E-state index contributed by atoms with van der Waals surface area (Å²) in [4.78, 5) is 17.0. The Morgan fingerprint density at radius 3 is 2.61 bits per heavy atom. The summed E-state index contributed by atoms with van der Waals surface area (Å²) in [6.45, 7) is -1.13. The van der Waals surface area contributed by atoms with Gasteiger partial charge >= 0.3 is 6.18 Å². The van der Waals surface area contributed by atoms with Crippen LogP contribution < -0.4 is 4.74 Å². The minimum Gasteiger partial charge on any atom is -0.470 e. The summed E-state index contributed by atoms with van der Waals surface area (Å²) in [6.07, 6.45) is -3.28. The second-order valence-electron chi connectivity index (χ2n) is 8.32. The molecule has 0 aliphatic heterocycles. The molecule has 0 radical (unpaired) electrons. The molecule has 0 N–H and O–H groups in total. The van der Waals surface area contributed by atoms with E-state index in [2.05, 4.69) is 25.4 Å². The van der Waals surface area contributed by atoms with Gasteiger partial charge in [-0.15, -0.1) is 15.3 Å². The van der Waals surface area contributed by atoms with Crippen molar-refractivity contribution in [2.75, 3.05) is 20.7 Å². The predicted molar refractivity (Wildman–Crippen MR) is 126 cm³/mol.